The molecule has 3 aromatic rings. The normalized spacial score (nSPS) is 17.1. The van der Waals surface area contributed by atoms with Gasteiger partial charge in [0.05, 0.1) is 12.1 Å². The van der Waals surface area contributed by atoms with Gasteiger partial charge in [0.2, 0.25) is 11.8 Å². The maximum Gasteiger partial charge on any atom is 0.416 e. The van der Waals surface area contributed by atoms with Gasteiger partial charge in [0.15, 0.2) is 11.6 Å². The molecule has 1 aromatic carbocycles. The van der Waals surface area contributed by atoms with Crippen molar-refractivity contribution in [1.29, 1.82) is 0 Å². The third-order valence-corrected chi connectivity index (χ3v) is 5.35. The van der Waals surface area contributed by atoms with E-state index in [4.69, 9.17) is 4.52 Å². The summed E-state index contributed by atoms with van der Waals surface area (Å²) in [5.74, 6) is 0.999. The fourth-order valence-corrected chi connectivity index (χ4v) is 3.78. The summed E-state index contributed by atoms with van der Waals surface area (Å²) in [5.41, 5.74) is -0.0248. The molecule has 1 aliphatic rings. The minimum absolute atomic E-state index is 0.0216. The van der Waals surface area contributed by atoms with E-state index < -0.39 is 11.7 Å². The van der Waals surface area contributed by atoms with Crippen LogP contribution in [0, 0.1) is 13.8 Å². The summed E-state index contributed by atoms with van der Waals surface area (Å²) in [6, 6.07) is 3.03. The Bertz CT molecular complexity index is 1170. The van der Waals surface area contributed by atoms with E-state index in [1.54, 1.807) is 18.7 Å². The highest BCUT2D eigenvalue weighted by molar-refractivity contribution is 5.92. The van der Waals surface area contributed by atoms with Gasteiger partial charge in [-0.3, -0.25) is 4.79 Å². The molecule has 0 N–H and O–H groups in total. The summed E-state index contributed by atoms with van der Waals surface area (Å²) in [6.45, 7) is 3.85. The lowest BCUT2D eigenvalue weighted by molar-refractivity contribution is -0.137. The molecule has 4 rings (SSSR count). The molecule has 1 amide bonds. The Morgan fingerprint density at radius 3 is 2.73 bits per heavy atom. The minimum Gasteiger partial charge on any atom is -0.337 e. The summed E-state index contributed by atoms with van der Waals surface area (Å²) in [7, 11) is 0. The van der Waals surface area contributed by atoms with E-state index in [9.17, 15) is 18.0 Å². The lowest BCUT2D eigenvalue weighted by atomic mass is 10.0. The van der Waals surface area contributed by atoms with E-state index in [-0.39, 0.29) is 18.5 Å². The number of halogens is 3. The summed E-state index contributed by atoms with van der Waals surface area (Å²) in [6.07, 6.45) is 0.824. The van der Waals surface area contributed by atoms with Crippen LogP contribution in [-0.2, 0) is 17.5 Å². The fraction of sp³-hybridized carbons (Fsp3) is 0.429. The zero-order valence-corrected chi connectivity index (χ0v) is 18.1. The van der Waals surface area contributed by atoms with Crippen molar-refractivity contribution in [2.24, 2.45) is 0 Å². The van der Waals surface area contributed by atoms with Crippen LogP contribution >= 0.6 is 0 Å². The second-order valence-electron chi connectivity index (χ2n) is 7.83. The van der Waals surface area contributed by atoms with Gasteiger partial charge in [-0.2, -0.15) is 23.0 Å². The van der Waals surface area contributed by atoms with Gasteiger partial charge in [-0.15, -0.1) is 10.2 Å². The number of benzene rings is 1. The van der Waals surface area contributed by atoms with E-state index in [0.29, 0.717) is 41.6 Å². The SMILES string of the molecule is Cc1noc([C@H]2CCCCN2C(=O)/C=C/c2ccc(C(F)(F)F)cc2Cn2nnc(C)n2)n1. The Kier molecular flexibility index (Phi) is 6.25. The highest BCUT2D eigenvalue weighted by Crippen LogP contribution is 2.32. The third-order valence-electron chi connectivity index (χ3n) is 5.35. The lowest BCUT2D eigenvalue weighted by Gasteiger charge is -2.32. The number of likely N-dealkylation sites (tertiary alicyclic amines) is 1. The zero-order chi connectivity index (χ0) is 23.6. The monoisotopic (exact) mass is 461 g/mol. The van der Waals surface area contributed by atoms with Crippen molar-refractivity contribution in [1.82, 2.24) is 35.2 Å². The van der Waals surface area contributed by atoms with E-state index in [1.165, 1.54) is 23.0 Å². The summed E-state index contributed by atoms with van der Waals surface area (Å²) in [5, 5.41) is 15.4. The average Bonchev–Trinajstić information content (AvgIpc) is 3.39. The molecule has 0 unspecified atom stereocenters. The molecule has 174 valence electrons. The quantitative estimate of drug-likeness (QED) is 0.536. The van der Waals surface area contributed by atoms with Gasteiger partial charge in [0.25, 0.3) is 0 Å². The van der Waals surface area contributed by atoms with Gasteiger partial charge in [-0.1, -0.05) is 11.2 Å². The maximum absolute atomic E-state index is 13.3. The van der Waals surface area contributed by atoms with Crippen LogP contribution in [0.25, 0.3) is 6.08 Å². The average molecular weight is 461 g/mol. The molecule has 0 radical (unpaired) electrons. The molecule has 3 heterocycles. The minimum atomic E-state index is -4.50. The number of carbonyl (C=O) groups excluding carboxylic acids is 1. The topological polar surface area (TPSA) is 103 Å². The second kappa shape index (κ2) is 9.12. The van der Waals surface area contributed by atoms with E-state index in [1.807, 2.05) is 0 Å². The molecule has 0 bridgehead atoms. The largest absolute Gasteiger partial charge is 0.416 e. The molecule has 1 fully saturated rings. The highest BCUT2D eigenvalue weighted by atomic mass is 19.4. The van der Waals surface area contributed by atoms with Crippen LogP contribution in [0.3, 0.4) is 0 Å². The summed E-state index contributed by atoms with van der Waals surface area (Å²) in [4.78, 5) is 20.1. The van der Waals surface area contributed by atoms with Crippen LogP contribution in [0.5, 0.6) is 0 Å². The number of rotatable bonds is 5. The van der Waals surface area contributed by atoms with Crippen molar-refractivity contribution in [2.75, 3.05) is 6.54 Å². The number of carbonyl (C=O) groups is 1. The Morgan fingerprint density at radius 2 is 2.06 bits per heavy atom. The molecule has 1 atom stereocenters. The fourth-order valence-electron chi connectivity index (χ4n) is 3.78. The number of hydrogen-bond acceptors (Lipinski definition) is 7. The van der Waals surface area contributed by atoms with Gasteiger partial charge >= 0.3 is 6.18 Å². The van der Waals surface area contributed by atoms with Gasteiger partial charge < -0.3 is 9.42 Å². The molecule has 12 heteroatoms. The first-order valence-corrected chi connectivity index (χ1v) is 10.4. The first-order chi connectivity index (χ1) is 15.7. The molecular weight excluding hydrogens is 439 g/mol. The van der Waals surface area contributed by atoms with Gasteiger partial charge in [-0.05, 0) is 67.7 Å². The van der Waals surface area contributed by atoms with Crippen molar-refractivity contribution in [3.8, 4) is 0 Å². The molecule has 1 saturated heterocycles. The molecule has 33 heavy (non-hydrogen) atoms. The lowest BCUT2D eigenvalue weighted by Crippen LogP contribution is -2.37. The molecule has 1 aliphatic heterocycles. The van der Waals surface area contributed by atoms with Crippen molar-refractivity contribution in [3.05, 3.63) is 58.5 Å². The Labute approximate surface area is 187 Å². The van der Waals surface area contributed by atoms with Crippen LogP contribution in [0.1, 0.15) is 59.5 Å². The Balaban J connectivity index is 1.59. The van der Waals surface area contributed by atoms with E-state index >= 15 is 0 Å². The van der Waals surface area contributed by atoms with Gasteiger partial charge in [-0.25, -0.2) is 0 Å². The first kappa shape index (κ1) is 22.6. The van der Waals surface area contributed by atoms with Crippen LogP contribution in [0.15, 0.2) is 28.8 Å². The van der Waals surface area contributed by atoms with Crippen molar-refractivity contribution >= 4 is 12.0 Å². The Morgan fingerprint density at radius 1 is 1.24 bits per heavy atom. The number of hydrogen-bond donors (Lipinski definition) is 0. The standard InChI is InChI=1S/C21H22F3N7O2/c1-13-25-20(33-28-13)18-5-3-4-10-30(18)19(32)9-7-15-6-8-17(21(22,23)24)11-16(15)12-31-27-14(2)26-29-31/h6-9,11,18H,3-5,10,12H2,1-2H3/b9-7+/t18-/m1/s1. The predicted molar refractivity (Wildman–Crippen MR) is 109 cm³/mol. The highest BCUT2D eigenvalue weighted by Gasteiger charge is 2.32. The molecular formula is C21H22F3N7O2. The second-order valence-corrected chi connectivity index (χ2v) is 7.83. The van der Waals surface area contributed by atoms with Crippen molar-refractivity contribution in [3.63, 3.8) is 0 Å². The predicted octanol–water partition coefficient (Wildman–Crippen LogP) is 3.51. The molecule has 2 aromatic heterocycles. The smallest absolute Gasteiger partial charge is 0.337 e. The Hall–Kier alpha value is -3.57. The molecule has 0 saturated carbocycles. The van der Waals surface area contributed by atoms with Crippen LogP contribution < -0.4 is 0 Å². The number of alkyl halides is 3. The van der Waals surface area contributed by atoms with Gasteiger partial charge in [0, 0.05) is 12.6 Å². The molecule has 0 spiro atoms. The van der Waals surface area contributed by atoms with E-state index in [2.05, 4.69) is 25.6 Å². The van der Waals surface area contributed by atoms with Crippen LogP contribution in [0.2, 0.25) is 0 Å². The van der Waals surface area contributed by atoms with Crippen molar-refractivity contribution in [2.45, 2.75) is 51.9 Å². The zero-order valence-electron chi connectivity index (χ0n) is 18.1. The summed E-state index contributed by atoms with van der Waals surface area (Å²) < 4.78 is 45.0. The van der Waals surface area contributed by atoms with E-state index in [0.717, 1.165) is 25.0 Å². The number of aryl methyl sites for hydroxylation is 2. The number of tetrazole rings is 1. The third kappa shape index (κ3) is 5.26. The van der Waals surface area contributed by atoms with Crippen LogP contribution in [0.4, 0.5) is 13.2 Å². The molecule has 9 nitrogen and oxygen atoms in total. The van der Waals surface area contributed by atoms with Gasteiger partial charge in [0.1, 0.15) is 6.04 Å². The van der Waals surface area contributed by atoms with Crippen molar-refractivity contribution < 1.29 is 22.5 Å². The first-order valence-electron chi connectivity index (χ1n) is 10.4. The number of aromatic nitrogens is 6. The van der Waals surface area contributed by atoms with Crippen LogP contribution in [-0.4, -0.2) is 47.7 Å². The summed E-state index contributed by atoms with van der Waals surface area (Å²) >= 11 is 0. The number of piperidine rings is 1. The maximum atomic E-state index is 13.3. The molecule has 0 aliphatic carbocycles. The number of amides is 1. The number of nitrogens with zero attached hydrogens (tertiary/aromatic N) is 7.